The number of carbonyl (C=O) groups is 1. The Bertz CT molecular complexity index is 972. The van der Waals surface area contributed by atoms with Gasteiger partial charge in [0.25, 0.3) is 0 Å². The molecular formula is C20H24ClN5O2S. The summed E-state index contributed by atoms with van der Waals surface area (Å²) in [6, 6.07) is 7.13. The number of thioether (sulfide) groups is 1. The topological polar surface area (TPSA) is 70.5 Å². The molecule has 0 spiro atoms. The fraction of sp³-hybridized carbons (Fsp3) is 0.450. The fourth-order valence-electron chi connectivity index (χ4n) is 3.80. The van der Waals surface area contributed by atoms with Crippen LogP contribution in [0.3, 0.4) is 0 Å². The van der Waals surface area contributed by atoms with Crippen molar-refractivity contribution in [2.45, 2.75) is 24.3 Å². The van der Waals surface area contributed by atoms with Crippen molar-refractivity contribution < 1.29 is 4.79 Å². The minimum atomic E-state index is -0.246. The number of rotatable bonds is 5. The summed E-state index contributed by atoms with van der Waals surface area (Å²) >= 11 is 7.42. The number of aromatic nitrogens is 2. The Kier molecular flexibility index (Phi) is 6.12. The number of hydrogen-bond donors (Lipinski definition) is 1. The Balaban J connectivity index is 1.50. The predicted octanol–water partition coefficient (Wildman–Crippen LogP) is 2.00. The average Bonchev–Trinajstić information content (AvgIpc) is 3.19. The normalized spacial score (nSPS) is 16.7. The Morgan fingerprint density at radius 3 is 2.72 bits per heavy atom. The van der Waals surface area contributed by atoms with Crippen molar-refractivity contribution in [2.24, 2.45) is 0 Å². The molecule has 4 rings (SSSR count). The number of nitrogens with zero attached hydrogens (tertiary/aromatic N) is 4. The molecule has 1 saturated heterocycles. The van der Waals surface area contributed by atoms with Gasteiger partial charge < -0.3 is 15.2 Å². The van der Waals surface area contributed by atoms with Crippen molar-refractivity contribution in [3.63, 3.8) is 0 Å². The van der Waals surface area contributed by atoms with Gasteiger partial charge in [-0.15, -0.1) is 0 Å². The molecule has 1 amide bonds. The summed E-state index contributed by atoms with van der Waals surface area (Å²) in [5.41, 5.74) is 2.51. The Hall–Kier alpha value is -2.03. The molecular weight excluding hydrogens is 410 g/mol. The SMILES string of the molecule is CN1CCN(n2c3c(c(SCC(=O)Nc4ccccc4Cl)nc2=O)CCC3)CC1. The number of piperazine rings is 1. The number of para-hydroxylation sites is 1. The number of anilines is 1. The van der Waals surface area contributed by atoms with Crippen molar-refractivity contribution in [3.8, 4) is 0 Å². The van der Waals surface area contributed by atoms with Crippen LogP contribution in [-0.2, 0) is 17.6 Å². The lowest BCUT2D eigenvalue weighted by Gasteiger charge is -2.35. The van der Waals surface area contributed by atoms with E-state index >= 15 is 0 Å². The van der Waals surface area contributed by atoms with E-state index in [9.17, 15) is 9.59 Å². The number of benzene rings is 1. The first-order valence-corrected chi connectivity index (χ1v) is 11.1. The first-order valence-electron chi connectivity index (χ1n) is 9.78. The van der Waals surface area contributed by atoms with Gasteiger partial charge in [-0.05, 0) is 38.4 Å². The van der Waals surface area contributed by atoms with Crippen LogP contribution in [0.2, 0.25) is 5.02 Å². The quantitative estimate of drug-likeness (QED) is 0.574. The monoisotopic (exact) mass is 433 g/mol. The molecule has 7 nitrogen and oxygen atoms in total. The highest BCUT2D eigenvalue weighted by Crippen LogP contribution is 2.29. The molecule has 0 atom stereocenters. The first-order chi connectivity index (χ1) is 14.0. The van der Waals surface area contributed by atoms with Crippen LogP contribution in [0.4, 0.5) is 5.69 Å². The molecule has 2 aliphatic rings. The lowest BCUT2D eigenvalue weighted by molar-refractivity contribution is -0.113. The van der Waals surface area contributed by atoms with E-state index in [1.54, 1.807) is 16.8 Å². The number of hydrogen-bond acceptors (Lipinski definition) is 6. The van der Waals surface area contributed by atoms with Gasteiger partial charge in [0, 0.05) is 31.7 Å². The van der Waals surface area contributed by atoms with Gasteiger partial charge in [0.05, 0.1) is 22.2 Å². The van der Waals surface area contributed by atoms with E-state index in [4.69, 9.17) is 11.6 Å². The van der Waals surface area contributed by atoms with Gasteiger partial charge >= 0.3 is 5.69 Å². The van der Waals surface area contributed by atoms with Crippen molar-refractivity contribution in [2.75, 3.05) is 49.3 Å². The van der Waals surface area contributed by atoms with Gasteiger partial charge in [0.1, 0.15) is 5.03 Å². The Morgan fingerprint density at radius 2 is 1.97 bits per heavy atom. The highest BCUT2D eigenvalue weighted by Gasteiger charge is 2.26. The van der Waals surface area contributed by atoms with E-state index in [0.29, 0.717) is 15.7 Å². The van der Waals surface area contributed by atoms with Crippen LogP contribution >= 0.6 is 23.4 Å². The lowest BCUT2D eigenvalue weighted by atomic mass is 10.3. The van der Waals surface area contributed by atoms with Gasteiger partial charge in [-0.3, -0.25) is 4.79 Å². The van der Waals surface area contributed by atoms with E-state index in [1.165, 1.54) is 11.8 Å². The molecule has 2 aromatic rings. The lowest BCUT2D eigenvalue weighted by Crippen LogP contribution is -2.54. The molecule has 0 unspecified atom stereocenters. The second-order valence-electron chi connectivity index (χ2n) is 7.36. The maximum absolute atomic E-state index is 12.8. The number of amides is 1. The van der Waals surface area contributed by atoms with Crippen LogP contribution < -0.4 is 16.0 Å². The van der Waals surface area contributed by atoms with Crippen LogP contribution in [0.25, 0.3) is 0 Å². The molecule has 9 heteroatoms. The summed E-state index contributed by atoms with van der Waals surface area (Å²) in [6.45, 7) is 3.49. The number of fused-ring (bicyclic) bond motifs is 1. The highest BCUT2D eigenvalue weighted by atomic mass is 35.5. The van der Waals surface area contributed by atoms with Crippen LogP contribution in [0.5, 0.6) is 0 Å². The maximum atomic E-state index is 12.8. The Morgan fingerprint density at radius 1 is 1.21 bits per heavy atom. The molecule has 0 bridgehead atoms. The number of likely N-dealkylation sites (N-methyl/N-ethyl adjacent to an activating group) is 1. The number of halogens is 1. The average molecular weight is 434 g/mol. The zero-order chi connectivity index (χ0) is 20.4. The highest BCUT2D eigenvalue weighted by molar-refractivity contribution is 8.00. The van der Waals surface area contributed by atoms with Crippen molar-refractivity contribution in [1.82, 2.24) is 14.6 Å². The molecule has 1 aromatic carbocycles. The largest absolute Gasteiger partial charge is 0.367 e. The molecule has 1 N–H and O–H groups in total. The van der Waals surface area contributed by atoms with Crippen LogP contribution in [0, 0.1) is 0 Å². The van der Waals surface area contributed by atoms with Crippen molar-refractivity contribution >= 4 is 35.0 Å². The van der Waals surface area contributed by atoms with Gasteiger partial charge in [-0.1, -0.05) is 35.5 Å². The summed E-state index contributed by atoms with van der Waals surface area (Å²) in [7, 11) is 2.09. The molecule has 1 aromatic heterocycles. The third kappa shape index (κ3) is 4.44. The second kappa shape index (κ2) is 8.77. The molecule has 1 fully saturated rings. The molecule has 2 heterocycles. The van der Waals surface area contributed by atoms with Crippen LogP contribution in [-0.4, -0.2) is 59.4 Å². The number of nitrogens with one attached hydrogen (secondary N) is 1. The maximum Gasteiger partial charge on any atom is 0.367 e. The minimum Gasteiger partial charge on any atom is -0.324 e. The van der Waals surface area contributed by atoms with E-state index in [1.807, 2.05) is 12.1 Å². The third-order valence-electron chi connectivity index (χ3n) is 5.33. The molecule has 0 radical (unpaired) electrons. The molecule has 1 aliphatic carbocycles. The molecule has 0 saturated carbocycles. The molecule has 154 valence electrons. The zero-order valence-corrected chi connectivity index (χ0v) is 17.9. The van der Waals surface area contributed by atoms with Crippen molar-refractivity contribution in [3.05, 3.63) is 51.0 Å². The summed E-state index contributed by atoms with van der Waals surface area (Å²) in [6.07, 6.45) is 2.78. The van der Waals surface area contributed by atoms with Gasteiger partial charge in [0.2, 0.25) is 5.91 Å². The smallest absolute Gasteiger partial charge is 0.324 e. The van der Waals surface area contributed by atoms with Crippen molar-refractivity contribution in [1.29, 1.82) is 0 Å². The summed E-state index contributed by atoms with van der Waals surface area (Å²) < 4.78 is 1.78. The summed E-state index contributed by atoms with van der Waals surface area (Å²) in [5, 5.41) is 6.11. The zero-order valence-electron chi connectivity index (χ0n) is 16.4. The van der Waals surface area contributed by atoms with E-state index in [0.717, 1.165) is 56.7 Å². The Labute approximate surface area is 179 Å². The van der Waals surface area contributed by atoms with Gasteiger partial charge in [-0.2, -0.15) is 4.98 Å². The third-order valence-corrected chi connectivity index (χ3v) is 6.68. The standard InChI is InChI=1S/C20H24ClN5O2S/c1-24-9-11-25(12-10-24)26-17-8-4-5-14(17)19(23-20(26)28)29-13-18(27)22-16-7-3-2-6-15(16)21/h2-3,6-7H,4-5,8-13H2,1H3,(H,22,27). The van der Waals surface area contributed by atoms with Gasteiger partial charge in [-0.25, -0.2) is 9.47 Å². The summed E-state index contributed by atoms with van der Waals surface area (Å²) in [5.74, 6) is 0.0164. The minimum absolute atomic E-state index is 0.167. The van der Waals surface area contributed by atoms with Crippen LogP contribution in [0.1, 0.15) is 17.7 Å². The van der Waals surface area contributed by atoms with E-state index < -0.39 is 0 Å². The molecule has 29 heavy (non-hydrogen) atoms. The van der Waals surface area contributed by atoms with Gasteiger partial charge in [0.15, 0.2) is 0 Å². The number of carbonyl (C=O) groups excluding carboxylic acids is 1. The summed E-state index contributed by atoms with van der Waals surface area (Å²) in [4.78, 5) is 31.8. The van der Waals surface area contributed by atoms with Crippen LogP contribution in [0.15, 0.2) is 34.1 Å². The predicted molar refractivity (Wildman–Crippen MR) is 117 cm³/mol. The van der Waals surface area contributed by atoms with E-state index in [2.05, 4.69) is 27.3 Å². The fourth-order valence-corrected chi connectivity index (χ4v) is 4.86. The molecule has 1 aliphatic heterocycles. The van der Waals surface area contributed by atoms with E-state index in [-0.39, 0.29) is 17.3 Å². The second-order valence-corrected chi connectivity index (χ2v) is 8.74. The first kappa shape index (κ1) is 20.3.